The third-order valence-electron chi connectivity index (χ3n) is 3.80. The summed E-state index contributed by atoms with van der Waals surface area (Å²) < 4.78 is 5.45. The van der Waals surface area contributed by atoms with Gasteiger partial charge >= 0.3 is 0 Å². The zero-order chi connectivity index (χ0) is 16.0. The molecule has 23 heavy (non-hydrogen) atoms. The number of hydrogen-bond acceptors (Lipinski definition) is 3. The van der Waals surface area contributed by atoms with Crippen molar-refractivity contribution in [3.8, 4) is 11.3 Å². The van der Waals surface area contributed by atoms with Crippen LogP contribution in [0, 0.1) is 5.41 Å². The molecule has 4 nitrogen and oxygen atoms in total. The van der Waals surface area contributed by atoms with E-state index < -0.39 is 0 Å². The van der Waals surface area contributed by atoms with Gasteiger partial charge in [0.15, 0.2) is 0 Å². The van der Waals surface area contributed by atoms with Gasteiger partial charge in [-0.15, -0.1) is 0 Å². The summed E-state index contributed by atoms with van der Waals surface area (Å²) in [5.41, 5.74) is 1.63. The third-order valence-corrected chi connectivity index (χ3v) is 4.06. The summed E-state index contributed by atoms with van der Waals surface area (Å²) in [6.45, 7) is 0. The molecule has 0 spiro atoms. The van der Waals surface area contributed by atoms with Gasteiger partial charge in [0.1, 0.15) is 11.0 Å². The number of aromatic amines is 1. The molecule has 2 aromatic heterocycles. The predicted octanol–water partition coefficient (Wildman–Crippen LogP) is 4.07. The van der Waals surface area contributed by atoms with Crippen molar-refractivity contribution in [2.45, 2.75) is 0 Å². The van der Waals surface area contributed by atoms with Crippen molar-refractivity contribution in [2.75, 3.05) is 0 Å². The van der Waals surface area contributed by atoms with Crippen molar-refractivity contribution in [3.63, 3.8) is 0 Å². The molecule has 0 unspecified atom stereocenters. The maximum absolute atomic E-state index is 12.4. The molecule has 112 valence electrons. The number of hydrogen-bond donors (Lipinski definition) is 2. The van der Waals surface area contributed by atoms with Crippen LogP contribution in [0.1, 0.15) is 0 Å². The number of fused-ring (bicyclic) bond motifs is 3. The Hall–Kier alpha value is -2.85. The fourth-order valence-corrected chi connectivity index (χ4v) is 2.85. The second-order valence-corrected chi connectivity index (χ2v) is 5.67. The number of benzene rings is 2. The molecule has 2 aromatic carbocycles. The van der Waals surface area contributed by atoms with Gasteiger partial charge in [-0.2, -0.15) is 0 Å². The zero-order valence-corrected chi connectivity index (χ0v) is 12.6. The van der Waals surface area contributed by atoms with Gasteiger partial charge in [-0.1, -0.05) is 41.9 Å². The van der Waals surface area contributed by atoms with Crippen molar-refractivity contribution in [2.24, 2.45) is 0 Å². The minimum absolute atomic E-state index is 0.136. The summed E-state index contributed by atoms with van der Waals surface area (Å²) in [6.07, 6.45) is 0. The van der Waals surface area contributed by atoms with Crippen LogP contribution in [0.4, 0.5) is 0 Å². The van der Waals surface area contributed by atoms with Gasteiger partial charge in [-0.3, -0.25) is 10.2 Å². The molecule has 0 aliphatic carbocycles. The first kappa shape index (κ1) is 13.8. The standard InChI is InChI=1S/C18H11ClN2O2/c19-11-7-5-10(6-8-11)14-9-13-12-3-1-2-4-15(12)23-17(20)16(13)18(22)21-14/h1-9,20H,(H,21,22). The second-order valence-electron chi connectivity index (χ2n) is 5.24. The first-order valence-corrected chi connectivity index (χ1v) is 7.41. The summed E-state index contributed by atoms with van der Waals surface area (Å²) >= 11 is 5.92. The molecule has 0 radical (unpaired) electrons. The normalized spacial score (nSPS) is 11.2. The molecule has 0 aliphatic rings. The van der Waals surface area contributed by atoms with E-state index in [0.717, 1.165) is 10.9 Å². The molecule has 0 saturated heterocycles. The van der Waals surface area contributed by atoms with E-state index >= 15 is 0 Å². The molecule has 4 aromatic rings. The Morgan fingerprint density at radius 1 is 1.00 bits per heavy atom. The number of rotatable bonds is 1. The highest BCUT2D eigenvalue weighted by Gasteiger charge is 2.11. The summed E-state index contributed by atoms with van der Waals surface area (Å²) in [6, 6.07) is 16.5. The summed E-state index contributed by atoms with van der Waals surface area (Å²) in [4.78, 5) is 15.3. The van der Waals surface area contributed by atoms with Gasteiger partial charge in [-0.05, 0) is 29.8 Å². The molecule has 0 aliphatic heterocycles. The van der Waals surface area contributed by atoms with E-state index in [-0.39, 0.29) is 16.5 Å². The van der Waals surface area contributed by atoms with Gasteiger partial charge < -0.3 is 9.40 Å². The number of halogens is 1. The van der Waals surface area contributed by atoms with E-state index in [9.17, 15) is 4.79 Å². The highest BCUT2D eigenvalue weighted by Crippen LogP contribution is 2.25. The van der Waals surface area contributed by atoms with Gasteiger partial charge in [0, 0.05) is 21.5 Å². The maximum atomic E-state index is 12.4. The molecule has 0 fully saturated rings. The molecular weight excluding hydrogens is 312 g/mol. The Morgan fingerprint density at radius 2 is 1.74 bits per heavy atom. The molecule has 0 amide bonds. The molecule has 0 saturated carbocycles. The number of pyridine rings is 1. The van der Waals surface area contributed by atoms with Crippen molar-refractivity contribution >= 4 is 33.3 Å². The smallest absolute Gasteiger partial charge is 0.261 e. The Kier molecular flexibility index (Phi) is 3.06. The Labute approximate surface area is 135 Å². The highest BCUT2D eigenvalue weighted by molar-refractivity contribution is 6.30. The molecule has 2 N–H and O–H groups in total. The fourth-order valence-electron chi connectivity index (χ4n) is 2.72. The van der Waals surface area contributed by atoms with Crippen molar-refractivity contribution in [1.29, 1.82) is 5.41 Å². The van der Waals surface area contributed by atoms with Crippen LogP contribution in [0.3, 0.4) is 0 Å². The molecule has 2 heterocycles. The van der Waals surface area contributed by atoms with Gasteiger partial charge in [0.2, 0.25) is 5.55 Å². The van der Waals surface area contributed by atoms with Crippen LogP contribution in [-0.2, 0) is 0 Å². The SMILES string of the molecule is N=c1oc2ccccc2c2cc(-c3ccc(Cl)cc3)[nH]c(=O)c12. The van der Waals surface area contributed by atoms with E-state index in [4.69, 9.17) is 21.4 Å². The quantitative estimate of drug-likeness (QED) is 0.518. The topological polar surface area (TPSA) is 69.8 Å². The predicted molar refractivity (Wildman–Crippen MR) is 90.6 cm³/mol. The molecule has 0 atom stereocenters. The van der Waals surface area contributed by atoms with Crippen LogP contribution in [0.25, 0.3) is 33.0 Å². The Morgan fingerprint density at radius 3 is 2.52 bits per heavy atom. The van der Waals surface area contributed by atoms with Crippen LogP contribution in [0.15, 0.2) is 63.8 Å². The lowest BCUT2D eigenvalue weighted by Gasteiger charge is -2.07. The van der Waals surface area contributed by atoms with Crippen molar-refractivity contribution in [1.82, 2.24) is 4.98 Å². The number of nitrogens with one attached hydrogen (secondary N) is 2. The monoisotopic (exact) mass is 322 g/mol. The van der Waals surface area contributed by atoms with E-state index in [0.29, 0.717) is 21.7 Å². The first-order valence-electron chi connectivity index (χ1n) is 7.03. The first-order chi connectivity index (χ1) is 11.1. The number of H-pyrrole nitrogens is 1. The van der Waals surface area contributed by atoms with E-state index in [1.165, 1.54) is 0 Å². The second kappa shape index (κ2) is 5.11. The van der Waals surface area contributed by atoms with E-state index in [1.54, 1.807) is 18.2 Å². The lowest BCUT2D eigenvalue weighted by atomic mass is 10.1. The lowest BCUT2D eigenvalue weighted by molar-refractivity contribution is 0.542. The van der Waals surface area contributed by atoms with Crippen LogP contribution >= 0.6 is 11.6 Å². The average Bonchev–Trinajstić information content (AvgIpc) is 2.55. The summed E-state index contributed by atoms with van der Waals surface area (Å²) in [5, 5.41) is 10.4. The summed E-state index contributed by atoms with van der Waals surface area (Å²) in [7, 11) is 0. The molecule has 5 heteroatoms. The van der Waals surface area contributed by atoms with Crippen LogP contribution in [-0.4, -0.2) is 4.98 Å². The number of aromatic nitrogens is 1. The Bertz CT molecular complexity index is 1160. The van der Waals surface area contributed by atoms with Gasteiger partial charge in [0.25, 0.3) is 5.56 Å². The van der Waals surface area contributed by atoms with Crippen LogP contribution < -0.4 is 11.1 Å². The molecule has 4 rings (SSSR count). The van der Waals surface area contributed by atoms with Crippen LogP contribution in [0.2, 0.25) is 5.02 Å². The summed E-state index contributed by atoms with van der Waals surface area (Å²) in [5.74, 6) is 0. The number of para-hydroxylation sites is 1. The highest BCUT2D eigenvalue weighted by atomic mass is 35.5. The fraction of sp³-hybridized carbons (Fsp3) is 0. The lowest BCUT2D eigenvalue weighted by Crippen LogP contribution is -2.16. The Balaban J connectivity index is 2.14. The minimum atomic E-state index is -0.341. The van der Waals surface area contributed by atoms with Crippen LogP contribution in [0.5, 0.6) is 0 Å². The van der Waals surface area contributed by atoms with E-state index in [1.807, 2.05) is 36.4 Å². The largest absolute Gasteiger partial charge is 0.438 e. The maximum Gasteiger partial charge on any atom is 0.261 e. The van der Waals surface area contributed by atoms with Crippen molar-refractivity contribution in [3.05, 3.63) is 75.5 Å². The molecular formula is C18H11ClN2O2. The van der Waals surface area contributed by atoms with Gasteiger partial charge in [-0.25, -0.2) is 0 Å². The van der Waals surface area contributed by atoms with E-state index in [2.05, 4.69) is 4.98 Å². The van der Waals surface area contributed by atoms with Crippen molar-refractivity contribution < 1.29 is 4.42 Å². The van der Waals surface area contributed by atoms with Gasteiger partial charge in [0.05, 0.1) is 0 Å². The molecule has 0 bridgehead atoms. The zero-order valence-electron chi connectivity index (χ0n) is 11.9. The third kappa shape index (κ3) is 2.24. The average molecular weight is 323 g/mol. The minimum Gasteiger partial charge on any atom is -0.438 e.